The Morgan fingerprint density at radius 1 is 1.06 bits per heavy atom. The molecule has 0 spiro atoms. The van der Waals surface area contributed by atoms with Crippen molar-refractivity contribution in [2.75, 3.05) is 18.5 Å². The van der Waals surface area contributed by atoms with Gasteiger partial charge in [0.15, 0.2) is 0 Å². The van der Waals surface area contributed by atoms with E-state index >= 15 is 0 Å². The summed E-state index contributed by atoms with van der Waals surface area (Å²) >= 11 is 3.46. The van der Waals surface area contributed by atoms with Gasteiger partial charge in [-0.3, -0.25) is 0 Å². The smallest absolute Gasteiger partial charge is 0.133 e. The average Bonchev–Trinajstić information content (AvgIpc) is 2.38. The second-order valence-corrected chi connectivity index (χ2v) is 4.87. The summed E-state index contributed by atoms with van der Waals surface area (Å²) in [5.41, 5.74) is 2.41. The van der Waals surface area contributed by atoms with Gasteiger partial charge in [0.1, 0.15) is 12.4 Å². The van der Waals surface area contributed by atoms with Crippen LogP contribution in [0.25, 0.3) is 0 Å². The van der Waals surface area contributed by atoms with Gasteiger partial charge < -0.3 is 10.1 Å². The molecule has 0 fully saturated rings. The van der Waals surface area contributed by atoms with Crippen LogP contribution in [-0.2, 0) is 0 Å². The van der Waals surface area contributed by atoms with Crippen LogP contribution in [0.1, 0.15) is 5.56 Å². The number of ether oxygens (including phenoxy) is 1. The summed E-state index contributed by atoms with van der Waals surface area (Å²) in [5.74, 6) is 0.879. The van der Waals surface area contributed by atoms with Crippen molar-refractivity contribution in [3.05, 3.63) is 58.6 Å². The SMILES string of the molecule is Cc1ccccc1NCCOc1ccccc1Br. The van der Waals surface area contributed by atoms with E-state index < -0.39 is 0 Å². The maximum atomic E-state index is 5.69. The van der Waals surface area contributed by atoms with Crippen LogP contribution in [0.4, 0.5) is 5.69 Å². The Bertz CT molecular complexity index is 466. The fourth-order valence-corrected chi connectivity index (χ4v) is 2.08. The van der Waals surface area contributed by atoms with Crippen molar-refractivity contribution in [2.24, 2.45) is 0 Å². The molecular weight excluding hydrogens is 290 g/mol. The number of aryl methyl sites for hydroxylation is 1. The van der Waals surface area contributed by atoms with Crippen molar-refractivity contribution in [2.45, 2.75) is 6.92 Å². The summed E-state index contributed by atoms with van der Waals surface area (Å²) in [5, 5.41) is 3.36. The van der Waals surface area contributed by atoms with Crippen molar-refractivity contribution in [3.8, 4) is 5.75 Å². The van der Waals surface area contributed by atoms with Gasteiger partial charge in [0, 0.05) is 12.2 Å². The summed E-state index contributed by atoms with van der Waals surface area (Å²) < 4.78 is 6.68. The maximum absolute atomic E-state index is 5.69. The lowest BCUT2D eigenvalue weighted by atomic mass is 10.2. The van der Waals surface area contributed by atoms with E-state index in [2.05, 4.69) is 40.3 Å². The highest BCUT2D eigenvalue weighted by Gasteiger charge is 1.99. The molecule has 0 atom stereocenters. The molecule has 0 saturated carbocycles. The zero-order chi connectivity index (χ0) is 12.8. The molecule has 0 aromatic heterocycles. The molecule has 2 aromatic carbocycles. The maximum Gasteiger partial charge on any atom is 0.133 e. The Kier molecular flexibility index (Phi) is 4.65. The van der Waals surface area contributed by atoms with Crippen LogP contribution >= 0.6 is 15.9 Å². The fourth-order valence-electron chi connectivity index (χ4n) is 1.68. The van der Waals surface area contributed by atoms with E-state index in [0.717, 1.165) is 22.5 Å². The molecule has 0 aliphatic heterocycles. The first-order valence-electron chi connectivity index (χ1n) is 5.94. The summed E-state index contributed by atoms with van der Waals surface area (Å²) in [6.45, 7) is 3.51. The van der Waals surface area contributed by atoms with Crippen LogP contribution in [0.15, 0.2) is 53.0 Å². The van der Waals surface area contributed by atoms with Crippen LogP contribution in [0.5, 0.6) is 5.75 Å². The van der Waals surface area contributed by atoms with Gasteiger partial charge in [-0.1, -0.05) is 30.3 Å². The van der Waals surface area contributed by atoms with E-state index in [-0.39, 0.29) is 0 Å². The molecule has 94 valence electrons. The minimum Gasteiger partial charge on any atom is -0.491 e. The Balaban J connectivity index is 1.80. The van der Waals surface area contributed by atoms with Crippen molar-refractivity contribution in [1.29, 1.82) is 0 Å². The topological polar surface area (TPSA) is 21.3 Å². The number of para-hydroxylation sites is 2. The second kappa shape index (κ2) is 6.45. The van der Waals surface area contributed by atoms with E-state index in [4.69, 9.17) is 4.74 Å². The Morgan fingerprint density at radius 2 is 1.78 bits per heavy atom. The molecule has 18 heavy (non-hydrogen) atoms. The molecule has 3 heteroatoms. The number of hydrogen-bond acceptors (Lipinski definition) is 2. The van der Waals surface area contributed by atoms with Crippen LogP contribution in [0.3, 0.4) is 0 Å². The third-order valence-corrected chi connectivity index (χ3v) is 3.31. The predicted octanol–water partition coefficient (Wildman–Crippen LogP) is 4.25. The molecule has 0 amide bonds. The van der Waals surface area contributed by atoms with Crippen LogP contribution in [0, 0.1) is 6.92 Å². The zero-order valence-electron chi connectivity index (χ0n) is 10.3. The quantitative estimate of drug-likeness (QED) is 0.834. The molecule has 0 aliphatic carbocycles. The number of hydrogen-bond donors (Lipinski definition) is 1. The third-order valence-electron chi connectivity index (χ3n) is 2.66. The van der Waals surface area contributed by atoms with E-state index in [1.54, 1.807) is 0 Å². The molecule has 0 heterocycles. The number of nitrogens with one attached hydrogen (secondary N) is 1. The van der Waals surface area contributed by atoms with Crippen molar-refractivity contribution >= 4 is 21.6 Å². The van der Waals surface area contributed by atoms with Crippen LogP contribution in [-0.4, -0.2) is 13.2 Å². The standard InChI is InChI=1S/C15H16BrNO/c1-12-6-2-4-8-14(12)17-10-11-18-15-9-5-3-7-13(15)16/h2-9,17H,10-11H2,1H3. The molecule has 2 nitrogen and oxygen atoms in total. The minimum atomic E-state index is 0.636. The number of halogens is 1. The van der Waals surface area contributed by atoms with Crippen molar-refractivity contribution in [3.63, 3.8) is 0 Å². The van der Waals surface area contributed by atoms with Crippen molar-refractivity contribution < 1.29 is 4.74 Å². The van der Waals surface area contributed by atoms with Gasteiger partial charge in [-0.25, -0.2) is 0 Å². The van der Waals surface area contributed by atoms with E-state index in [1.807, 2.05) is 36.4 Å². The first-order chi connectivity index (χ1) is 8.77. The minimum absolute atomic E-state index is 0.636. The van der Waals surface area contributed by atoms with Gasteiger partial charge in [0.2, 0.25) is 0 Å². The summed E-state index contributed by atoms with van der Waals surface area (Å²) in [4.78, 5) is 0. The van der Waals surface area contributed by atoms with E-state index in [0.29, 0.717) is 6.61 Å². The Labute approximate surface area is 116 Å². The highest BCUT2D eigenvalue weighted by Crippen LogP contribution is 2.23. The van der Waals surface area contributed by atoms with E-state index in [9.17, 15) is 0 Å². The fraction of sp³-hybridized carbons (Fsp3) is 0.200. The monoisotopic (exact) mass is 305 g/mol. The third kappa shape index (κ3) is 3.50. The molecule has 0 bridgehead atoms. The van der Waals surface area contributed by atoms with Gasteiger partial charge in [-0.2, -0.15) is 0 Å². The van der Waals surface area contributed by atoms with Gasteiger partial charge in [-0.15, -0.1) is 0 Å². The van der Waals surface area contributed by atoms with Crippen LogP contribution in [0.2, 0.25) is 0 Å². The molecule has 1 N–H and O–H groups in total. The molecule has 0 radical (unpaired) electrons. The molecule has 0 unspecified atom stereocenters. The summed E-state index contributed by atoms with van der Waals surface area (Å²) in [6.07, 6.45) is 0. The van der Waals surface area contributed by atoms with Crippen molar-refractivity contribution in [1.82, 2.24) is 0 Å². The van der Waals surface area contributed by atoms with Gasteiger partial charge in [0.05, 0.1) is 4.47 Å². The number of benzene rings is 2. The normalized spacial score (nSPS) is 10.1. The Morgan fingerprint density at radius 3 is 2.56 bits per heavy atom. The summed E-state index contributed by atoms with van der Waals surface area (Å²) in [7, 11) is 0. The molecule has 2 rings (SSSR count). The van der Waals surface area contributed by atoms with Gasteiger partial charge in [-0.05, 0) is 46.6 Å². The summed E-state index contributed by atoms with van der Waals surface area (Å²) in [6, 6.07) is 16.1. The van der Waals surface area contributed by atoms with E-state index in [1.165, 1.54) is 5.56 Å². The highest BCUT2D eigenvalue weighted by molar-refractivity contribution is 9.10. The number of anilines is 1. The molecular formula is C15H16BrNO. The largest absolute Gasteiger partial charge is 0.491 e. The van der Waals surface area contributed by atoms with Gasteiger partial charge in [0.25, 0.3) is 0 Å². The highest BCUT2D eigenvalue weighted by atomic mass is 79.9. The lowest BCUT2D eigenvalue weighted by Crippen LogP contribution is -2.12. The second-order valence-electron chi connectivity index (χ2n) is 4.02. The lowest BCUT2D eigenvalue weighted by molar-refractivity contribution is 0.331. The lowest BCUT2D eigenvalue weighted by Gasteiger charge is -2.11. The average molecular weight is 306 g/mol. The molecule has 2 aromatic rings. The van der Waals surface area contributed by atoms with Gasteiger partial charge >= 0.3 is 0 Å². The zero-order valence-corrected chi connectivity index (χ0v) is 11.9. The Hall–Kier alpha value is -1.48. The molecule has 0 aliphatic rings. The van der Waals surface area contributed by atoms with Crippen LogP contribution < -0.4 is 10.1 Å². The number of rotatable bonds is 5. The molecule has 0 saturated heterocycles. The first-order valence-corrected chi connectivity index (χ1v) is 6.73. The predicted molar refractivity (Wildman–Crippen MR) is 79.3 cm³/mol. The first kappa shape index (κ1) is 13.0.